The molecular weight excluding hydrogens is 473 g/mol. The van der Waals surface area contributed by atoms with E-state index in [4.69, 9.17) is 4.74 Å². The van der Waals surface area contributed by atoms with Crippen molar-refractivity contribution in [2.75, 3.05) is 30.3 Å². The summed E-state index contributed by atoms with van der Waals surface area (Å²) in [5.74, 6) is -0.713. The van der Waals surface area contributed by atoms with Crippen LogP contribution in [0.2, 0.25) is 0 Å². The summed E-state index contributed by atoms with van der Waals surface area (Å²) in [6, 6.07) is 11.2. The van der Waals surface area contributed by atoms with Gasteiger partial charge < -0.3 is 15.0 Å². The molecule has 0 fully saturated rings. The molecule has 1 N–H and O–H groups in total. The third kappa shape index (κ3) is 8.24. The second kappa shape index (κ2) is 13.1. The summed E-state index contributed by atoms with van der Waals surface area (Å²) >= 11 is 0. The fourth-order valence-corrected chi connectivity index (χ4v) is 4.41. The SMILES string of the molecule is CCCNC(=O)[C@H](CC)N(Cc1ccc(F)cc1)C(=O)CN(c1ccc(OCC)cc1)S(C)(=O)=O. The van der Waals surface area contributed by atoms with Crippen LogP contribution in [0.5, 0.6) is 5.75 Å². The number of rotatable bonds is 13. The predicted octanol–water partition coefficient (Wildman–Crippen LogP) is 3.32. The minimum absolute atomic E-state index is 0.0258. The lowest BCUT2D eigenvalue weighted by atomic mass is 10.1. The molecule has 1 atom stereocenters. The van der Waals surface area contributed by atoms with Gasteiger partial charge in [-0.25, -0.2) is 12.8 Å². The summed E-state index contributed by atoms with van der Waals surface area (Å²) in [7, 11) is -3.82. The molecule has 0 radical (unpaired) electrons. The lowest BCUT2D eigenvalue weighted by Crippen LogP contribution is -2.52. The van der Waals surface area contributed by atoms with Gasteiger partial charge in [0.25, 0.3) is 0 Å². The standard InChI is InChI=1S/C25H34FN3O5S/c1-5-16-27-25(31)23(6-2)28(17-19-8-10-20(26)11-9-19)24(30)18-29(35(4,32)33)21-12-14-22(15-13-21)34-7-3/h8-15,23H,5-7,16-18H2,1-4H3,(H,27,31)/t23-/m0/s1. The van der Waals surface area contributed by atoms with Gasteiger partial charge in [-0.2, -0.15) is 0 Å². The molecule has 0 saturated carbocycles. The largest absolute Gasteiger partial charge is 0.494 e. The third-order valence-corrected chi connectivity index (χ3v) is 6.46. The molecule has 0 aromatic heterocycles. The molecule has 0 heterocycles. The summed E-state index contributed by atoms with van der Waals surface area (Å²) in [5.41, 5.74) is 0.919. The number of carbonyl (C=O) groups excluding carboxylic acids is 2. The second-order valence-electron chi connectivity index (χ2n) is 8.06. The van der Waals surface area contributed by atoms with Gasteiger partial charge in [0.15, 0.2) is 0 Å². The maximum absolute atomic E-state index is 13.5. The highest BCUT2D eigenvalue weighted by atomic mass is 32.2. The Hall–Kier alpha value is -3.14. The maximum atomic E-state index is 13.5. The number of anilines is 1. The topological polar surface area (TPSA) is 96.0 Å². The average Bonchev–Trinajstić information content (AvgIpc) is 2.82. The van der Waals surface area contributed by atoms with Crippen LogP contribution in [0.4, 0.5) is 10.1 Å². The van der Waals surface area contributed by atoms with E-state index in [1.54, 1.807) is 31.2 Å². The Morgan fingerprint density at radius 3 is 2.17 bits per heavy atom. The summed E-state index contributed by atoms with van der Waals surface area (Å²) in [6.07, 6.45) is 2.07. The highest BCUT2D eigenvalue weighted by Crippen LogP contribution is 2.23. The lowest BCUT2D eigenvalue weighted by molar-refractivity contribution is -0.140. The number of hydrogen-bond acceptors (Lipinski definition) is 5. The van der Waals surface area contributed by atoms with E-state index in [0.29, 0.717) is 36.6 Å². The quantitative estimate of drug-likeness (QED) is 0.449. The van der Waals surface area contributed by atoms with E-state index >= 15 is 0 Å². The smallest absolute Gasteiger partial charge is 0.244 e. The van der Waals surface area contributed by atoms with Gasteiger partial charge in [-0.05, 0) is 61.7 Å². The molecule has 0 bridgehead atoms. The van der Waals surface area contributed by atoms with Gasteiger partial charge in [0.1, 0.15) is 24.2 Å². The molecular formula is C25H34FN3O5S. The number of benzene rings is 2. The number of ether oxygens (including phenoxy) is 1. The van der Waals surface area contributed by atoms with Crippen LogP contribution >= 0.6 is 0 Å². The van der Waals surface area contributed by atoms with Crippen molar-refractivity contribution in [3.05, 3.63) is 59.9 Å². The zero-order chi connectivity index (χ0) is 26.0. The van der Waals surface area contributed by atoms with E-state index < -0.39 is 34.3 Å². The molecule has 35 heavy (non-hydrogen) atoms. The molecule has 192 valence electrons. The normalized spacial score (nSPS) is 12.0. The van der Waals surface area contributed by atoms with Crippen molar-refractivity contribution >= 4 is 27.5 Å². The van der Waals surface area contributed by atoms with Gasteiger partial charge in [0.2, 0.25) is 21.8 Å². The Morgan fingerprint density at radius 1 is 1.03 bits per heavy atom. The summed E-state index contributed by atoms with van der Waals surface area (Å²) < 4.78 is 45.1. The van der Waals surface area contributed by atoms with Crippen LogP contribution in [0.25, 0.3) is 0 Å². The molecule has 0 aliphatic rings. The Morgan fingerprint density at radius 2 is 1.66 bits per heavy atom. The van der Waals surface area contributed by atoms with Gasteiger partial charge in [0, 0.05) is 13.1 Å². The van der Waals surface area contributed by atoms with E-state index in [2.05, 4.69) is 5.32 Å². The Balaban J connectivity index is 2.38. The maximum Gasteiger partial charge on any atom is 0.244 e. The van der Waals surface area contributed by atoms with Crippen molar-refractivity contribution in [1.82, 2.24) is 10.2 Å². The molecule has 2 aromatic carbocycles. The van der Waals surface area contributed by atoms with Crippen molar-refractivity contribution in [3.8, 4) is 5.75 Å². The molecule has 10 heteroatoms. The first-order chi connectivity index (χ1) is 16.6. The molecule has 2 rings (SSSR count). The molecule has 2 aromatic rings. The lowest BCUT2D eigenvalue weighted by Gasteiger charge is -2.33. The van der Waals surface area contributed by atoms with Crippen molar-refractivity contribution in [2.24, 2.45) is 0 Å². The first kappa shape index (κ1) is 28.1. The van der Waals surface area contributed by atoms with Gasteiger partial charge in [-0.1, -0.05) is 26.0 Å². The highest BCUT2D eigenvalue weighted by Gasteiger charge is 2.31. The van der Waals surface area contributed by atoms with Crippen LogP contribution in [0.1, 0.15) is 39.2 Å². The first-order valence-corrected chi connectivity index (χ1v) is 13.5. The number of halogens is 1. The molecule has 8 nitrogen and oxygen atoms in total. The van der Waals surface area contributed by atoms with Crippen molar-refractivity contribution in [3.63, 3.8) is 0 Å². The third-order valence-electron chi connectivity index (χ3n) is 5.32. The van der Waals surface area contributed by atoms with Gasteiger partial charge in [0.05, 0.1) is 18.6 Å². The molecule has 0 unspecified atom stereocenters. The fraction of sp³-hybridized carbons (Fsp3) is 0.440. The fourth-order valence-electron chi connectivity index (χ4n) is 3.56. The minimum Gasteiger partial charge on any atom is -0.494 e. The highest BCUT2D eigenvalue weighted by molar-refractivity contribution is 7.92. The van der Waals surface area contributed by atoms with Crippen LogP contribution in [0, 0.1) is 5.82 Å². The van der Waals surface area contributed by atoms with E-state index in [0.717, 1.165) is 17.0 Å². The number of nitrogens with one attached hydrogen (secondary N) is 1. The number of amides is 2. The Kier molecular flexibility index (Phi) is 10.5. The second-order valence-corrected chi connectivity index (χ2v) is 9.97. The van der Waals surface area contributed by atoms with E-state index in [9.17, 15) is 22.4 Å². The number of hydrogen-bond donors (Lipinski definition) is 1. The van der Waals surface area contributed by atoms with Gasteiger partial charge in [-0.3, -0.25) is 13.9 Å². The van der Waals surface area contributed by atoms with E-state index in [1.165, 1.54) is 29.2 Å². The summed E-state index contributed by atoms with van der Waals surface area (Å²) in [6.45, 7) is 5.99. The molecule has 0 aliphatic carbocycles. The van der Waals surface area contributed by atoms with Gasteiger partial charge in [-0.15, -0.1) is 0 Å². The summed E-state index contributed by atoms with van der Waals surface area (Å²) in [4.78, 5) is 27.8. The molecule has 2 amide bonds. The van der Waals surface area contributed by atoms with E-state index in [-0.39, 0.29) is 12.5 Å². The Bertz CT molecular complexity index is 1080. The van der Waals surface area contributed by atoms with Crippen molar-refractivity contribution in [1.29, 1.82) is 0 Å². The molecule has 0 saturated heterocycles. The van der Waals surface area contributed by atoms with Crippen LogP contribution in [0.3, 0.4) is 0 Å². The monoisotopic (exact) mass is 507 g/mol. The van der Waals surface area contributed by atoms with Crippen LogP contribution in [-0.2, 0) is 26.2 Å². The molecule has 0 aliphatic heterocycles. The number of sulfonamides is 1. The average molecular weight is 508 g/mol. The number of nitrogens with zero attached hydrogens (tertiary/aromatic N) is 2. The van der Waals surface area contributed by atoms with E-state index in [1.807, 2.05) is 13.8 Å². The molecule has 0 spiro atoms. The van der Waals surface area contributed by atoms with Crippen LogP contribution in [0.15, 0.2) is 48.5 Å². The Labute approximate surface area is 207 Å². The zero-order valence-corrected chi connectivity index (χ0v) is 21.5. The first-order valence-electron chi connectivity index (χ1n) is 11.6. The van der Waals surface area contributed by atoms with Crippen LogP contribution < -0.4 is 14.4 Å². The van der Waals surface area contributed by atoms with Crippen molar-refractivity contribution in [2.45, 2.75) is 46.2 Å². The van der Waals surface area contributed by atoms with Crippen LogP contribution in [-0.4, -0.2) is 57.1 Å². The summed E-state index contributed by atoms with van der Waals surface area (Å²) in [5, 5.41) is 2.81. The number of carbonyl (C=O) groups is 2. The predicted molar refractivity (Wildman–Crippen MR) is 134 cm³/mol. The van der Waals surface area contributed by atoms with Gasteiger partial charge >= 0.3 is 0 Å². The minimum atomic E-state index is -3.82. The zero-order valence-electron chi connectivity index (χ0n) is 20.7. The van der Waals surface area contributed by atoms with Crippen molar-refractivity contribution < 1.29 is 27.1 Å².